The number of hydrogen-bond donors (Lipinski definition) is 0. The Balaban J connectivity index is 1.57. The smallest absolute Gasteiger partial charge is 0.243 e. The van der Waals surface area contributed by atoms with E-state index in [9.17, 15) is 8.42 Å². The Hall–Kier alpha value is -1.50. The van der Waals surface area contributed by atoms with E-state index in [4.69, 9.17) is 0 Å². The number of sulfonamides is 1. The Bertz CT molecular complexity index is 941. The Morgan fingerprint density at radius 2 is 1.96 bits per heavy atom. The molecular formula is C20H21BrN2O2S. The lowest BCUT2D eigenvalue weighted by Crippen LogP contribution is -2.36. The molecule has 4 nitrogen and oxygen atoms in total. The van der Waals surface area contributed by atoms with Crippen LogP contribution in [0.3, 0.4) is 0 Å². The van der Waals surface area contributed by atoms with Gasteiger partial charge in [0.1, 0.15) is 0 Å². The van der Waals surface area contributed by atoms with E-state index >= 15 is 0 Å². The molecule has 3 unspecified atom stereocenters. The number of fused-ring (bicyclic) bond motifs is 2. The van der Waals surface area contributed by atoms with Crippen molar-refractivity contribution in [1.29, 1.82) is 0 Å². The van der Waals surface area contributed by atoms with Gasteiger partial charge in [-0.1, -0.05) is 29.8 Å². The second-order valence-corrected chi connectivity index (χ2v) is 9.90. The number of benzene rings is 1. The van der Waals surface area contributed by atoms with Crippen molar-refractivity contribution in [1.82, 2.24) is 9.29 Å². The van der Waals surface area contributed by atoms with Crippen molar-refractivity contribution in [2.24, 2.45) is 5.92 Å². The standard InChI is InChI=1S/C20H21BrN2O2S/c1-14-2-7-19(8-3-14)26(24,25)23-18-6-9-20(23)16(11-18)5-4-15-10-17(21)13-22-12-15/h2-5,7-8,10,12-13,16,18,20H,6,9,11H2,1H3/b5-4+. The minimum atomic E-state index is -3.43. The summed E-state index contributed by atoms with van der Waals surface area (Å²) >= 11 is 3.43. The second-order valence-electron chi connectivity index (χ2n) is 7.14. The number of hydrogen-bond acceptors (Lipinski definition) is 3. The molecule has 3 atom stereocenters. The average molecular weight is 433 g/mol. The average Bonchev–Trinajstić information content (AvgIpc) is 3.19. The van der Waals surface area contributed by atoms with Crippen LogP contribution in [0.2, 0.25) is 0 Å². The number of rotatable bonds is 4. The van der Waals surface area contributed by atoms with Gasteiger partial charge < -0.3 is 0 Å². The van der Waals surface area contributed by atoms with Crippen LogP contribution in [-0.4, -0.2) is 29.8 Å². The maximum absolute atomic E-state index is 13.2. The second kappa shape index (κ2) is 6.91. The first-order valence-corrected chi connectivity index (χ1v) is 11.1. The SMILES string of the molecule is Cc1ccc(S(=O)(=O)N2C3CCC2C(/C=C/c2cncc(Br)c2)C3)cc1. The summed E-state index contributed by atoms with van der Waals surface area (Å²) < 4.78 is 29.0. The highest BCUT2D eigenvalue weighted by molar-refractivity contribution is 9.10. The van der Waals surface area contributed by atoms with Crippen LogP contribution in [-0.2, 0) is 10.0 Å². The van der Waals surface area contributed by atoms with Gasteiger partial charge in [-0.05, 0) is 71.8 Å². The molecule has 3 heterocycles. The largest absolute Gasteiger partial charge is 0.263 e. The minimum Gasteiger partial charge on any atom is -0.263 e. The summed E-state index contributed by atoms with van der Waals surface area (Å²) in [6.07, 6.45) is 10.6. The first-order valence-electron chi connectivity index (χ1n) is 8.84. The molecule has 136 valence electrons. The molecule has 1 aromatic carbocycles. The van der Waals surface area contributed by atoms with Crippen molar-refractivity contribution in [3.63, 3.8) is 0 Å². The van der Waals surface area contributed by atoms with Gasteiger partial charge in [0.2, 0.25) is 10.0 Å². The maximum atomic E-state index is 13.2. The van der Waals surface area contributed by atoms with Gasteiger partial charge in [-0.2, -0.15) is 4.31 Å². The molecule has 2 aliphatic heterocycles. The lowest BCUT2D eigenvalue weighted by atomic mass is 9.89. The quantitative estimate of drug-likeness (QED) is 0.718. The molecule has 0 spiro atoms. The van der Waals surface area contributed by atoms with Crippen LogP contribution >= 0.6 is 15.9 Å². The third-order valence-electron chi connectivity index (χ3n) is 5.38. The molecule has 0 saturated carbocycles. The van der Waals surface area contributed by atoms with Crippen molar-refractivity contribution < 1.29 is 8.42 Å². The van der Waals surface area contributed by atoms with Crippen LogP contribution in [0.1, 0.15) is 30.4 Å². The van der Waals surface area contributed by atoms with Gasteiger partial charge in [0.05, 0.1) is 4.90 Å². The molecule has 0 aliphatic carbocycles. The highest BCUT2D eigenvalue weighted by atomic mass is 79.9. The molecule has 2 aromatic rings. The molecule has 6 heteroatoms. The first kappa shape index (κ1) is 17.9. The maximum Gasteiger partial charge on any atom is 0.243 e. The molecule has 1 aromatic heterocycles. The first-order chi connectivity index (χ1) is 12.4. The van der Waals surface area contributed by atoms with Gasteiger partial charge in [-0.15, -0.1) is 0 Å². The predicted molar refractivity (Wildman–Crippen MR) is 106 cm³/mol. The van der Waals surface area contributed by atoms with Crippen molar-refractivity contribution in [2.45, 2.75) is 43.2 Å². The zero-order valence-corrected chi connectivity index (χ0v) is 16.9. The van der Waals surface area contributed by atoms with Crippen LogP contribution < -0.4 is 0 Å². The number of nitrogens with zero attached hydrogens (tertiary/aromatic N) is 2. The molecule has 0 radical (unpaired) electrons. The van der Waals surface area contributed by atoms with Gasteiger partial charge in [0.15, 0.2) is 0 Å². The van der Waals surface area contributed by atoms with Crippen LogP contribution in [0.25, 0.3) is 6.08 Å². The zero-order chi connectivity index (χ0) is 18.3. The van der Waals surface area contributed by atoms with Crippen molar-refractivity contribution in [3.8, 4) is 0 Å². The van der Waals surface area contributed by atoms with Crippen LogP contribution in [0.5, 0.6) is 0 Å². The molecule has 26 heavy (non-hydrogen) atoms. The van der Waals surface area contributed by atoms with E-state index < -0.39 is 10.0 Å². The van der Waals surface area contributed by atoms with Crippen molar-refractivity contribution in [2.75, 3.05) is 0 Å². The summed E-state index contributed by atoms with van der Waals surface area (Å²) in [5, 5.41) is 0. The van der Waals surface area contributed by atoms with E-state index in [0.29, 0.717) is 4.90 Å². The Labute approximate surface area is 163 Å². The fourth-order valence-corrected chi connectivity index (χ4v) is 6.46. The number of halogens is 1. The van der Waals surface area contributed by atoms with Crippen LogP contribution in [0, 0.1) is 12.8 Å². The van der Waals surface area contributed by atoms with Gasteiger partial charge in [-0.25, -0.2) is 8.42 Å². The van der Waals surface area contributed by atoms with E-state index in [1.807, 2.05) is 31.3 Å². The lowest BCUT2D eigenvalue weighted by molar-refractivity contribution is 0.383. The molecule has 2 fully saturated rings. The molecular weight excluding hydrogens is 412 g/mol. The summed E-state index contributed by atoms with van der Waals surface area (Å²) in [5.41, 5.74) is 2.09. The Morgan fingerprint density at radius 3 is 2.69 bits per heavy atom. The highest BCUT2D eigenvalue weighted by Gasteiger charge is 2.51. The Kier molecular flexibility index (Phi) is 4.75. The van der Waals surface area contributed by atoms with Gasteiger partial charge in [-0.3, -0.25) is 4.98 Å². The number of aryl methyl sites for hydroxylation is 1. The molecule has 2 saturated heterocycles. The van der Waals surface area contributed by atoms with E-state index in [2.05, 4.69) is 33.1 Å². The number of pyridine rings is 1. The minimum absolute atomic E-state index is 0.0580. The van der Waals surface area contributed by atoms with Crippen LogP contribution in [0.15, 0.2) is 58.2 Å². The summed E-state index contributed by atoms with van der Waals surface area (Å²) in [7, 11) is -3.43. The van der Waals surface area contributed by atoms with E-state index in [1.165, 1.54) is 0 Å². The van der Waals surface area contributed by atoms with Gasteiger partial charge in [0.25, 0.3) is 0 Å². The van der Waals surface area contributed by atoms with Crippen molar-refractivity contribution in [3.05, 3.63) is 64.4 Å². The third-order valence-corrected chi connectivity index (χ3v) is 7.80. The zero-order valence-electron chi connectivity index (χ0n) is 14.5. The molecule has 2 aliphatic rings. The highest BCUT2D eigenvalue weighted by Crippen LogP contribution is 2.45. The Morgan fingerprint density at radius 1 is 1.19 bits per heavy atom. The molecule has 0 N–H and O–H groups in total. The summed E-state index contributed by atoms with van der Waals surface area (Å²) in [4.78, 5) is 4.58. The molecule has 4 rings (SSSR count). The molecule has 0 amide bonds. The lowest BCUT2D eigenvalue weighted by Gasteiger charge is -2.23. The monoisotopic (exact) mass is 432 g/mol. The third kappa shape index (κ3) is 3.26. The van der Waals surface area contributed by atoms with Gasteiger partial charge in [0, 0.05) is 29.0 Å². The van der Waals surface area contributed by atoms with E-state index in [1.54, 1.807) is 22.6 Å². The predicted octanol–water partition coefficient (Wildman–Crippen LogP) is 4.41. The summed E-state index contributed by atoms with van der Waals surface area (Å²) in [5.74, 6) is 0.257. The summed E-state index contributed by atoms with van der Waals surface area (Å²) in [6, 6.07) is 9.35. The fraction of sp³-hybridized carbons (Fsp3) is 0.350. The normalized spacial score (nSPS) is 26.0. The van der Waals surface area contributed by atoms with Crippen LogP contribution in [0.4, 0.5) is 0 Å². The van der Waals surface area contributed by atoms with Crippen molar-refractivity contribution >= 4 is 32.0 Å². The topological polar surface area (TPSA) is 50.3 Å². The number of aromatic nitrogens is 1. The van der Waals surface area contributed by atoms with Gasteiger partial charge >= 0.3 is 0 Å². The fourth-order valence-electron chi connectivity index (χ4n) is 4.15. The van der Waals surface area contributed by atoms with E-state index in [-0.39, 0.29) is 18.0 Å². The molecule has 2 bridgehead atoms. The summed E-state index contributed by atoms with van der Waals surface area (Å²) in [6.45, 7) is 1.97. The van der Waals surface area contributed by atoms with E-state index in [0.717, 1.165) is 34.9 Å².